The molecule has 9 nitrogen and oxygen atoms in total. The number of carbonyl (C=O) groups excluding carboxylic acids is 3. The molecule has 2 heterocycles. The Morgan fingerprint density at radius 1 is 1.22 bits per heavy atom. The number of imide groups is 1. The lowest BCUT2D eigenvalue weighted by Crippen LogP contribution is -2.49. The van der Waals surface area contributed by atoms with Crippen molar-refractivity contribution in [3.63, 3.8) is 0 Å². The first-order valence-electron chi connectivity index (χ1n) is 9.13. The molecule has 1 saturated carbocycles. The number of urea groups is 1. The minimum atomic E-state index is -0.864. The highest BCUT2D eigenvalue weighted by Crippen LogP contribution is 2.35. The first kappa shape index (κ1) is 17.4. The molecule has 3 aliphatic rings. The molecule has 1 aromatic carbocycles. The Morgan fingerprint density at radius 3 is 2.67 bits per heavy atom. The number of nitro benzene ring substituents is 1. The number of amides is 4. The molecule has 27 heavy (non-hydrogen) atoms. The number of nitrogens with zero attached hydrogens (tertiary/aromatic N) is 3. The smallest absolute Gasteiger partial charge is 0.323 e. The van der Waals surface area contributed by atoms with Crippen LogP contribution in [-0.2, 0) is 16.0 Å². The van der Waals surface area contributed by atoms with Crippen molar-refractivity contribution in [2.75, 3.05) is 18.0 Å². The number of non-ortho nitro benzene ring substituents is 1. The molecule has 0 atom stereocenters. The van der Waals surface area contributed by atoms with E-state index in [0.29, 0.717) is 31.5 Å². The van der Waals surface area contributed by atoms with Gasteiger partial charge in [0.25, 0.3) is 11.6 Å². The molecular formula is C18H20N4O5. The molecule has 1 saturated heterocycles. The molecule has 2 aliphatic heterocycles. The number of fused-ring (bicyclic) bond motifs is 1. The lowest BCUT2D eigenvalue weighted by atomic mass is 9.82. The molecule has 0 unspecified atom stereocenters. The van der Waals surface area contributed by atoms with Crippen LogP contribution in [0.25, 0.3) is 0 Å². The number of benzene rings is 1. The van der Waals surface area contributed by atoms with Crippen LogP contribution in [0.2, 0.25) is 0 Å². The van der Waals surface area contributed by atoms with Gasteiger partial charge in [0.2, 0.25) is 5.91 Å². The molecule has 4 rings (SSSR count). The topological polar surface area (TPSA) is 113 Å². The van der Waals surface area contributed by atoms with E-state index in [1.54, 1.807) is 6.07 Å². The van der Waals surface area contributed by atoms with Crippen molar-refractivity contribution in [2.45, 2.75) is 44.1 Å². The second kappa shape index (κ2) is 6.33. The van der Waals surface area contributed by atoms with Gasteiger partial charge < -0.3 is 10.2 Å². The van der Waals surface area contributed by atoms with Crippen molar-refractivity contribution in [3.05, 3.63) is 33.9 Å². The maximum atomic E-state index is 12.8. The van der Waals surface area contributed by atoms with E-state index in [9.17, 15) is 24.5 Å². The molecule has 1 aromatic rings. The van der Waals surface area contributed by atoms with Crippen molar-refractivity contribution in [2.24, 2.45) is 0 Å². The largest absolute Gasteiger partial charge is 0.325 e. The summed E-state index contributed by atoms with van der Waals surface area (Å²) in [6, 6.07) is 3.89. The van der Waals surface area contributed by atoms with Crippen LogP contribution in [-0.4, -0.2) is 46.3 Å². The number of carbonyl (C=O) groups is 3. The second-order valence-corrected chi connectivity index (χ2v) is 7.33. The summed E-state index contributed by atoms with van der Waals surface area (Å²) in [5.41, 5.74) is 0.366. The van der Waals surface area contributed by atoms with Gasteiger partial charge in [-0.15, -0.1) is 0 Å². The first-order chi connectivity index (χ1) is 12.9. The van der Waals surface area contributed by atoms with Crippen LogP contribution >= 0.6 is 0 Å². The molecule has 1 N–H and O–H groups in total. The minimum Gasteiger partial charge on any atom is -0.323 e. The zero-order chi connectivity index (χ0) is 19.2. The summed E-state index contributed by atoms with van der Waals surface area (Å²) in [5, 5.41) is 13.8. The summed E-state index contributed by atoms with van der Waals surface area (Å²) >= 11 is 0. The van der Waals surface area contributed by atoms with Crippen LogP contribution in [0.15, 0.2) is 18.2 Å². The van der Waals surface area contributed by atoms with Gasteiger partial charge in [-0.25, -0.2) is 4.79 Å². The fraction of sp³-hybridized carbons (Fsp3) is 0.500. The number of nitro groups is 1. The van der Waals surface area contributed by atoms with Gasteiger partial charge in [-0.3, -0.25) is 24.6 Å². The summed E-state index contributed by atoms with van der Waals surface area (Å²) in [6.07, 6.45) is 4.56. The van der Waals surface area contributed by atoms with E-state index < -0.39 is 22.4 Å². The highest BCUT2D eigenvalue weighted by Gasteiger charge is 2.52. The highest BCUT2D eigenvalue weighted by atomic mass is 16.6. The summed E-state index contributed by atoms with van der Waals surface area (Å²) in [5.74, 6) is -0.746. The maximum absolute atomic E-state index is 12.8. The van der Waals surface area contributed by atoms with Gasteiger partial charge >= 0.3 is 6.03 Å². The third-order valence-electron chi connectivity index (χ3n) is 5.72. The fourth-order valence-corrected chi connectivity index (χ4v) is 4.27. The minimum absolute atomic E-state index is 0.0930. The molecule has 0 aromatic heterocycles. The van der Waals surface area contributed by atoms with Gasteiger partial charge in [0, 0.05) is 18.7 Å². The zero-order valence-electron chi connectivity index (χ0n) is 14.8. The second-order valence-electron chi connectivity index (χ2n) is 7.33. The van der Waals surface area contributed by atoms with Gasteiger partial charge in [0.05, 0.1) is 10.6 Å². The molecule has 0 radical (unpaired) electrons. The SMILES string of the molecule is O=C1NC2(CCCCC2)C(=O)N1CC(=O)N1CCc2ccc([N+](=O)[O-])cc21. The Kier molecular flexibility index (Phi) is 4.09. The Hall–Kier alpha value is -2.97. The number of anilines is 1. The van der Waals surface area contributed by atoms with Crippen LogP contribution < -0.4 is 10.2 Å². The van der Waals surface area contributed by atoms with Crippen LogP contribution in [0.5, 0.6) is 0 Å². The average molecular weight is 372 g/mol. The molecular weight excluding hydrogens is 352 g/mol. The van der Waals surface area contributed by atoms with E-state index in [1.165, 1.54) is 17.0 Å². The van der Waals surface area contributed by atoms with Gasteiger partial charge in [0.15, 0.2) is 0 Å². The summed E-state index contributed by atoms with van der Waals surface area (Å²) in [7, 11) is 0. The maximum Gasteiger partial charge on any atom is 0.325 e. The molecule has 142 valence electrons. The van der Waals surface area contributed by atoms with Crippen molar-refractivity contribution in [1.82, 2.24) is 10.2 Å². The summed E-state index contributed by atoms with van der Waals surface area (Å²) < 4.78 is 0. The van der Waals surface area contributed by atoms with E-state index in [4.69, 9.17) is 0 Å². The average Bonchev–Trinajstić information content (AvgIpc) is 3.17. The number of hydrogen-bond acceptors (Lipinski definition) is 5. The van der Waals surface area contributed by atoms with Gasteiger partial charge in [-0.1, -0.05) is 25.3 Å². The van der Waals surface area contributed by atoms with Crippen LogP contribution in [0.3, 0.4) is 0 Å². The molecule has 1 aliphatic carbocycles. The van der Waals surface area contributed by atoms with Crippen LogP contribution in [0, 0.1) is 10.1 Å². The predicted octanol–water partition coefficient (Wildman–Crippen LogP) is 1.74. The Morgan fingerprint density at radius 2 is 1.96 bits per heavy atom. The zero-order valence-corrected chi connectivity index (χ0v) is 14.8. The quantitative estimate of drug-likeness (QED) is 0.493. The monoisotopic (exact) mass is 372 g/mol. The Balaban J connectivity index is 1.52. The molecule has 4 amide bonds. The van der Waals surface area contributed by atoms with Crippen molar-refractivity contribution >= 4 is 29.2 Å². The number of hydrogen-bond donors (Lipinski definition) is 1. The molecule has 2 fully saturated rings. The van der Waals surface area contributed by atoms with Crippen LogP contribution in [0.1, 0.15) is 37.7 Å². The van der Waals surface area contributed by atoms with E-state index in [1.807, 2.05) is 0 Å². The van der Waals surface area contributed by atoms with Crippen molar-refractivity contribution in [3.8, 4) is 0 Å². The van der Waals surface area contributed by atoms with E-state index in [-0.39, 0.29) is 18.1 Å². The fourth-order valence-electron chi connectivity index (χ4n) is 4.27. The third-order valence-corrected chi connectivity index (χ3v) is 5.72. The lowest BCUT2D eigenvalue weighted by Gasteiger charge is -2.30. The summed E-state index contributed by atoms with van der Waals surface area (Å²) in [4.78, 5) is 50.9. The molecule has 1 spiro atoms. The first-order valence-corrected chi connectivity index (χ1v) is 9.13. The van der Waals surface area contributed by atoms with E-state index in [0.717, 1.165) is 29.7 Å². The van der Waals surface area contributed by atoms with Crippen molar-refractivity contribution in [1.29, 1.82) is 0 Å². The molecule has 9 heteroatoms. The molecule has 0 bridgehead atoms. The van der Waals surface area contributed by atoms with Gasteiger partial charge in [-0.2, -0.15) is 0 Å². The van der Waals surface area contributed by atoms with E-state index >= 15 is 0 Å². The van der Waals surface area contributed by atoms with E-state index in [2.05, 4.69) is 5.32 Å². The number of nitrogens with one attached hydrogen (secondary N) is 1. The third kappa shape index (κ3) is 2.83. The Bertz CT molecular complexity index is 846. The highest BCUT2D eigenvalue weighted by molar-refractivity contribution is 6.10. The summed E-state index contributed by atoms with van der Waals surface area (Å²) in [6.45, 7) is 0.0265. The van der Waals surface area contributed by atoms with Gasteiger partial charge in [-0.05, 0) is 24.8 Å². The van der Waals surface area contributed by atoms with Crippen LogP contribution in [0.4, 0.5) is 16.2 Å². The van der Waals surface area contributed by atoms with Crippen molar-refractivity contribution < 1.29 is 19.3 Å². The number of rotatable bonds is 3. The van der Waals surface area contributed by atoms with Gasteiger partial charge in [0.1, 0.15) is 12.1 Å². The predicted molar refractivity (Wildman–Crippen MR) is 95.2 cm³/mol. The lowest BCUT2D eigenvalue weighted by molar-refractivity contribution is -0.384. The standard InChI is InChI=1S/C18H20N4O5/c23-15(20-9-6-12-4-5-13(22(26)27)10-14(12)20)11-21-16(24)18(19-17(21)25)7-2-1-3-8-18/h4-5,10H,1-3,6-9,11H2,(H,19,25). The Labute approximate surface area is 155 Å². The normalized spacial score (nSPS) is 20.7.